The molecule has 1 unspecified atom stereocenters. The molecule has 1 aliphatic heterocycles. The summed E-state index contributed by atoms with van der Waals surface area (Å²) in [4.78, 5) is 30.9. The van der Waals surface area contributed by atoms with Crippen molar-refractivity contribution in [2.45, 2.75) is 38.8 Å². The van der Waals surface area contributed by atoms with E-state index in [4.69, 9.17) is 16.0 Å². The molecule has 2 aromatic heterocycles. The molecule has 7 nitrogen and oxygen atoms in total. The zero-order valence-corrected chi connectivity index (χ0v) is 16.8. The molecule has 1 amide bonds. The molecule has 29 heavy (non-hydrogen) atoms. The Morgan fingerprint density at radius 2 is 2.17 bits per heavy atom. The second kappa shape index (κ2) is 8.21. The van der Waals surface area contributed by atoms with Crippen LogP contribution in [-0.4, -0.2) is 32.1 Å². The summed E-state index contributed by atoms with van der Waals surface area (Å²) in [6, 6.07) is 10.4. The molecule has 3 heterocycles. The van der Waals surface area contributed by atoms with Gasteiger partial charge < -0.3 is 9.32 Å². The van der Waals surface area contributed by atoms with Gasteiger partial charge in [-0.05, 0) is 43.5 Å². The average Bonchev–Trinajstić information content (AvgIpc) is 3.34. The van der Waals surface area contributed by atoms with E-state index in [-0.39, 0.29) is 24.1 Å². The number of amides is 1. The quantitative estimate of drug-likeness (QED) is 0.643. The third-order valence-corrected chi connectivity index (χ3v) is 5.22. The van der Waals surface area contributed by atoms with Crippen LogP contribution in [0.1, 0.15) is 41.8 Å². The van der Waals surface area contributed by atoms with E-state index >= 15 is 0 Å². The van der Waals surface area contributed by atoms with Crippen molar-refractivity contribution in [3.05, 3.63) is 80.9 Å². The molecule has 1 aliphatic rings. The van der Waals surface area contributed by atoms with Crippen LogP contribution in [0, 0.1) is 6.92 Å². The van der Waals surface area contributed by atoms with Crippen molar-refractivity contribution < 1.29 is 9.21 Å². The minimum atomic E-state index is -0.292. The fourth-order valence-corrected chi connectivity index (χ4v) is 3.82. The lowest BCUT2D eigenvalue weighted by molar-refractivity contribution is -0.133. The van der Waals surface area contributed by atoms with Crippen LogP contribution in [-0.2, 0) is 17.8 Å². The number of aromatic nitrogens is 3. The number of rotatable bonds is 5. The fourth-order valence-electron chi connectivity index (χ4n) is 3.61. The van der Waals surface area contributed by atoms with Crippen LogP contribution in [0.2, 0.25) is 5.02 Å². The zero-order valence-electron chi connectivity index (χ0n) is 16.0. The predicted molar refractivity (Wildman–Crippen MR) is 108 cm³/mol. The maximum absolute atomic E-state index is 12.8. The fraction of sp³-hybridized carbons (Fsp3) is 0.333. The van der Waals surface area contributed by atoms with Gasteiger partial charge in [0, 0.05) is 24.1 Å². The van der Waals surface area contributed by atoms with Crippen LogP contribution < -0.4 is 5.56 Å². The highest BCUT2D eigenvalue weighted by atomic mass is 35.5. The van der Waals surface area contributed by atoms with Gasteiger partial charge in [0.25, 0.3) is 5.56 Å². The number of benzene rings is 1. The van der Waals surface area contributed by atoms with E-state index in [1.165, 1.54) is 10.7 Å². The van der Waals surface area contributed by atoms with Crippen molar-refractivity contribution in [2.24, 2.45) is 0 Å². The van der Waals surface area contributed by atoms with Gasteiger partial charge >= 0.3 is 0 Å². The Labute approximate surface area is 172 Å². The Bertz CT molecular complexity index is 1090. The third-order valence-electron chi connectivity index (χ3n) is 4.98. The minimum absolute atomic E-state index is 0.0902. The Morgan fingerprint density at radius 3 is 3.00 bits per heavy atom. The van der Waals surface area contributed by atoms with Gasteiger partial charge in [0.1, 0.15) is 18.3 Å². The van der Waals surface area contributed by atoms with Crippen molar-refractivity contribution in [2.75, 3.05) is 6.54 Å². The molecule has 1 atom stereocenters. The molecule has 0 N–H and O–H groups in total. The van der Waals surface area contributed by atoms with E-state index < -0.39 is 0 Å². The van der Waals surface area contributed by atoms with Gasteiger partial charge in [-0.25, -0.2) is 9.67 Å². The van der Waals surface area contributed by atoms with Crippen molar-refractivity contribution >= 4 is 17.5 Å². The number of oxazole rings is 1. The summed E-state index contributed by atoms with van der Waals surface area (Å²) in [5.74, 6) is 1.08. The van der Waals surface area contributed by atoms with Gasteiger partial charge in [0.2, 0.25) is 11.8 Å². The summed E-state index contributed by atoms with van der Waals surface area (Å²) < 4.78 is 7.15. The summed E-state index contributed by atoms with van der Waals surface area (Å²) in [7, 11) is 0. The van der Waals surface area contributed by atoms with Gasteiger partial charge in [-0.3, -0.25) is 9.59 Å². The van der Waals surface area contributed by atoms with Crippen molar-refractivity contribution in [1.29, 1.82) is 0 Å². The maximum atomic E-state index is 12.8. The first-order valence-electron chi connectivity index (χ1n) is 9.53. The molecule has 0 radical (unpaired) electrons. The van der Waals surface area contributed by atoms with Gasteiger partial charge in [-0.15, -0.1) is 0 Å². The molecule has 0 saturated carbocycles. The van der Waals surface area contributed by atoms with Crippen molar-refractivity contribution in [1.82, 2.24) is 19.7 Å². The topological polar surface area (TPSA) is 81.2 Å². The molecular formula is C21H21ClN4O3. The molecule has 1 fully saturated rings. The largest absolute Gasteiger partial charge is 0.443 e. The SMILES string of the molecule is Cc1ccc(=O)n(CC(=O)N2CCCC2c2ncc(Cc3cccc(Cl)c3)o2)n1. The lowest BCUT2D eigenvalue weighted by Gasteiger charge is -2.22. The van der Waals surface area contributed by atoms with Crippen LogP contribution in [0.15, 0.2) is 51.8 Å². The molecular weight excluding hydrogens is 392 g/mol. The smallest absolute Gasteiger partial charge is 0.267 e. The molecule has 8 heteroatoms. The predicted octanol–water partition coefficient (Wildman–Crippen LogP) is 3.15. The maximum Gasteiger partial charge on any atom is 0.267 e. The molecule has 1 aromatic carbocycles. The monoisotopic (exact) mass is 412 g/mol. The van der Waals surface area contributed by atoms with E-state index in [0.29, 0.717) is 29.6 Å². The minimum Gasteiger partial charge on any atom is -0.443 e. The Kier molecular flexibility index (Phi) is 5.49. The Hall–Kier alpha value is -2.93. The summed E-state index contributed by atoms with van der Waals surface area (Å²) in [6.07, 6.45) is 3.91. The molecule has 150 valence electrons. The summed E-state index contributed by atoms with van der Waals surface area (Å²) in [6.45, 7) is 2.30. The van der Waals surface area contributed by atoms with Crippen LogP contribution in [0.5, 0.6) is 0 Å². The molecule has 4 rings (SSSR count). The number of halogens is 1. The van der Waals surface area contributed by atoms with E-state index in [0.717, 1.165) is 24.2 Å². The normalized spacial score (nSPS) is 16.3. The molecule has 1 saturated heterocycles. The summed E-state index contributed by atoms with van der Waals surface area (Å²) >= 11 is 6.04. The van der Waals surface area contributed by atoms with Gasteiger partial charge in [0.15, 0.2) is 0 Å². The lowest BCUT2D eigenvalue weighted by atomic mass is 10.1. The highest BCUT2D eigenvalue weighted by Crippen LogP contribution is 2.32. The molecule has 0 spiro atoms. The highest BCUT2D eigenvalue weighted by Gasteiger charge is 2.33. The first kappa shape index (κ1) is 19.4. The Morgan fingerprint density at radius 1 is 1.31 bits per heavy atom. The van der Waals surface area contributed by atoms with Crippen LogP contribution in [0.25, 0.3) is 0 Å². The van der Waals surface area contributed by atoms with E-state index in [2.05, 4.69) is 10.1 Å². The number of carbonyl (C=O) groups excluding carboxylic acids is 1. The van der Waals surface area contributed by atoms with Gasteiger partial charge in [-0.1, -0.05) is 23.7 Å². The van der Waals surface area contributed by atoms with E-state index in [1.54, 1.807) is 24.1 Å². The second-order valence-corrected chi connectivity index (χ2v) is 7.62. The average molecular weight is 413 g/mol. The van der Waals surface area contributed by atoms with Crippen molar-refractivity contribution in [3.8, 4) is 0 Å². The first-order valence-corrected chi connectivity index (χ1v) is 9.91. The van der Waals surface area contributed by atoms with Crippen LogP contribution in [0.3, 0.4) is 0 Å². The number of hydrogen-bond donors (Lipinski definition) is 0. The van der Waals surface area contributed by atoms with E-state index in [1.807, 2.05) is 24.3 Å². The lowest BCUT2D eigenvalue weighted by Crippen LogP contribution is -2.37. The number of carbonyl (C=O) groups is 1. The number of nitrogens with zero attached hydrogens (tertiary/aromatic N) is 4. The number of aryl methyl sites for hydroxylation is 1. The second-order valence-electron chi connectivity index (χ2n) is 7.19. The number of likely N-dealkylation sites (tertiary alicyclic amines) is 1. The van der Waals surface area contributed by atoms with Crippen LogP contribution >= 0.6 is 11.6 Å². The summed E-state index contributed by atoms with van der Waals surface area (Å²) in [5.41, 5.74) is 1.43. The first-order chi connectivity index (χ1) is 14.0. The number of hydrogen-bond acceptors (Lipinski definition) is 5. The van der Waals surface area contributed by atoms with Gasteiger partial charge in [-0.2, -0.15) is 5.10 Å². The standard InChI is InChI=1S/C21H21ClN4O3/c1-14-7-8-19(27)26(24-14)13-20(28)25-9-3-6-18(25)21-23-12-17(29-21)11-15-4-2-5-16(22)10-15/h2,4-5,7-8,10,12,18H,3,6,9,11,13H2,1H3. The van der Waals surface area contributed by atoms with Gasteiger partial charge in [0.05, 0.1) is 11.9 Å². The molecule has 3 aromatic rings. The summed E-state index contributed by atoms with van der Waals surface area (Å²) in [5, 5.41) is 4.82. The third kappa shape index (κ3) is 4.40. The Balaban J connectivity index is 1.48. The van der Waals surface area contributed by atoms with E-state index in [9.17, 15) is 9.59 Å². The molecule has 0 bridgehead atoms. The zero-order chi connectivity index (χ0) is 20.4. The van der Waals surface area contributed by atoms with Crippen molar-refractivity contribution in [3.63, 3.8) is 0 Å². The highest BCUT2D eigenvalue weighted by molar-refractivity contribution is 6.30. The molecule has 0 aliphatic carbocycles. The van der Waals surface area contributed by atoms with Crippen LogP contribution in [0.4, 0.5) is 0 Å².